The Balaban J connectivity index is 1.79. The number of hydrogen-bond donors (Lipinski definition) is 1. The number of ether oxygens (including phenoxy) is 3. The highest BCUT2D eigenvalue weighted by atomic mass is 16.5. The third-order valence-corrected chi connectivity index (χ3v) is 4.29. The molecule has 2 aromatic carbocycles. The van der Waals surface area contributed by atoms with Gasteiger partial charge < -0.3 is 24.4 Å². The van der Waals surface area contributed by atoms with Gasteiger partial charge in [-0.05, 0) is 36.8 Å². The quantitative estimate of drug-likeness (QED) is 0.632. The molecule has 0 heterocycles. The summed E-state index contributed by atoms with van der Waals surface area (Å²) in [7, 11) is 4.50. The Morgan fingerprint density at radius 2 is 1.63 bits per heavy atom. The van der Waals surface area contributed by atoms with Gasteiger partial charge in [0, 0.05) is 12.7 Å². The molecular formula is C22H26N2O6. The van der Waals surface area contributed by atoms with Crippen LogP contribution in [0.1, 0.15) is 11.1 Å². The molecule has 0 aliphatic heterocycles. The first-order valence-corrected chi connectivity index (χ1v) is 9.29. The van der Waals surface area contributed by atoms with Gasteiger partial charge in [0.2, 0.25) is 5.91 Å². The second kappa shape index (κ2) is 10.8. The molecule has 0 aromatic heterocycles. The van der Waals surface area contributed by atoms with Gasteiger partial charge in [0.25, 0.3) is 5.91 Å². The van der Waals surface area contributed by atoms with Crippen molar-refractivity contribution in [2.24, 2.45) is 0 Å². The zero-order chi connectivity index (χ0) is 22.1. The van der Waals surface area contributed by atoms with Crippen LogP contribution in [0.2, 0.25) is 0 Å². The van der Waals surface area contributed by atoms with Crippen molar-refractivity contribution in [3.05, 3.63) is 53.6 Å². The number of hydrogen-bond acceptors (Lipinski definition) is 6. The summed E-state index contributed by atoms with van der Waals surface area (Å²) in [5.41, 5.74) is 2.39. The number of nitrogens with zero attached hydrogens (tertiary/aromatic N) is 1. The van der Waals surface area contributed by atoms with Crippen LogP contribution in [0.3, 0.4) is 0 Å². The number of rotatable bonds is 9. The van der Waals surface area contributed by atoms with Crippen molar-refractivity contribution in [3.8, 4) is 11.5 Å². The Kier molecular flexibility index (Phi) is 8.22. The zero-order valence-corrected chi connectivity index (χ0v) is 17.6. The van der Waals surface area contributed by atoms with Gasteiger partial charge in [-0.15, -0.1) is 0 Å². The first-order valence-electron chi connectivity index (χ1n) is 9.29. The molecule has 1 N–H and O–H groups in total. The number of benzene rings is 2. The van der Waals surface area contributed by atoms with Gasteiger partial charge in [0.1, 0.15) is 0 Å². The summed E-state index contributed by atoms with van der Waals surface area (Å²) in [5.74, 6) is -0.331. The molecule has 2 amide bonds. The van der Waals surface area contributed by atoms with Crippen LogP contribution >= 0.6 is 0 Å². The fourth-order valence-corrected chi connectivity index (χ4v) is 2.60. The summed E-state index contributed by atoms with van der Waals surface area (Å²) in [4.78, 5) is 37.5. The second-order valence-corrected chi connectivity index (χ2v) is 6.69. The number of amides is 2. The molecule has 8 heteroatoms. The van der Waals surface area contributed by atoms with Crippen LogP contribution in [-0.2, 0) is 25.5 Å². The lowest BCUT2D eigenvalue weighted by Gasteiger charge is -2.17. The van der Waals surface area contributed by atoms with Crippen LogP contribution in [0.4, 0.5) is 5.69 Å². The Labute approximate surface area is 175 Å². The van der Waals surface area contributed by atoms with Crippen LogP contribution in [0, 0.1) is 6.92 Å². The molecule has 2 aromatic rings. The molecule has 0 spiro atoms. The van der Waals surface area contributed by atoms with E-state index >= 15 is 0 Å². The third kappa shape index (κ3) is 6.80. The maximum atomic E-state index is 12.1. The fourth-order valence-electron chi connectivity index (χ4n) is 2.60. The van der Waals surface area contributed by atoms with Gasteiger partial charge in [0.05, 0.1) is 27.2 Å². The minimum atomic E-state index is -0.562. The molecular weight excluding hydrogens is 388 g/mol. The van der Waals surface area contributed by atoms with E-state index < -0.39 is 18.5 Å². The molecule has 8 nitrogen and oxygen atoms in total. The second-order valence-electron chi connectivity index (χ2n) is 6.69. The van der Waals surface area contributed by atoms with Crippen molar-refractivity contribution in [1.29, 1.82) is 0 Å². The fraction of sp³-hybridized carbons (Fsp3) is 0.318. The third-order valence-electron chi connectivity index (χ3n) is 4.29. The van der Waals surface area contributed by atoms with Crippen molar-refractivity contribution >= 4 is 23.5 Å². The lowest BCUT2D eigenvalue weighted by Crippen LogP contribution is -2.37. The van der Waals surface area contributed by atoms with Crippen LogP contribution < -0.4 is 14.8 Å². The standard InChI is InChI=1S/C22H26N2O6/c1-15-5-8-17(9-6-15)23-20(25)13-24(2)21(26)14-30-22(27)12-16-7-10-18(28-3)19(11-16)29-4/h5-11H,12-14H2,1-4H3,(H,23,25). The smallest absolute Gasteiger partial charge is 0.310 e. The lowest BCUT2D eigenvalue weighted by atomic mass is 10.1. The predicted octanol–water partition coefficient (Wildman–Crippen LogP) is 2.20. The molecule has 0 aliphatic rings. The first-order chi connectivity index (χ1) is 14.3. The summed E-state index contributed by atoms with van der Waals surface area (Å²) in [5, 5.41) is 2.71. The van der Waals surface area contributed by atoms with E-state index in [0.29, 0.717) is 22.7 Å². The van der Waals surface area contributed by atoms with Gasteiger partial charge >= 0.3 is 5.97 Å². The molecule has 0 aliphatic carbocycles. The largest absolute Gasteiger partial charge is 0.493 e. The van der Waals surface area contributed by atoms with Crippen LogP contribution in [0.15, 0.2) is 42.5 Å². The van der Waals surface area contributed by atoms with Crippen molar-refractivity contribution in [1.82, 2.24) is 4.90 Å². The highest BCUT2D eigenvalue weighted by Crippen LogP contribution is 2.27. The average Bonchev–Trinajstić information content (AvgIpc) is 2.73. The SMILES string of the molecule is COc1ccc(CC(=O)OCC(=O)N(C)CC(=O)Nc2ccc(C)cc2)cc1OC. The van der Waals surface area contributed by atoms with Gasteiger partial charge in [-0.2, -0.15) is 0 Å². The topological polar surface area (TPSA) is 94.2 Å². The molecule has 160 valence electrons. The molecule has 0 bridgehead atoms. The number of carbonyl (C=O) groups excluding carboxylic acids is 3. The number of anilines is 1. The monoisotopic (exact) mass is 414 g/mol. The number of aryl methyl sites for hydroxylation is 1. The number of likely N-dealkylation sites (N-methyl/N-ethyl adjacent to an activating group) is 1. The van der Waals surface area contributed by atoms with Crippen LogP contribution in [0.25, 0.3) is 0 Å². The normalized spacial score (nSPS) is 10.1. The molecule has 2 rings (SSSR count). The molecule has 0 radical (unpaired) electrons. The van der Waals surface area contributed by atoms with Gasteiger partial charge in [0.15, 0.2) is 18.1 Å². The molecule has 0 unspecified atom stereocenters. The maximum Gasteiger partial charge on any atom is 0.310 e. The molecule has 0 atom stereocenters. The van der Waals surface area contributed by atoms with E-state index in [4.69, 9.17) is 14.2 Å². The van der Waals surface area contributed by atoms with Gasteiger partial charge in [-0.3, -0.25) is 14.4 Å². The van der Waals surface area contributed by atoms with E-state index in [0.717, 1.165) is 5.56 Å². The number of methoxy groups -OCH3 is 2. The van der Waals surface area contributed by atoms with E-state index in [2.05, 4.69) is 5.32 Å². The van der Waals surface area contributed by atoms with Crippen LogP contribution in [-0.4, -0.2) is 57.1 Å². The van der Waals surface area contributed by atoms with E-state index in [-0.39, 0.29) is 18.9 Å². The molecule has 0 saturated carbocycles. The minimum Gasteiger partial charge on any atom is -0.493 e. The van der Waals surface area contributed by atoms with E-state index in [1.807, 2.05) is 19.1 Å². The average molecular weight is 414 g/mol. The number of esters is 1. The summed E-state index contributed by atoms with van der Waals surface area (Å²) < 4.78 is 15.4. The Hall–Kier alpha value is -3.55. The Morgan fingerprint density at radius 1 is 0.967 bits per heavy atom. The van der Waals surface area contributed by atoms with E-state index in [1.54, 1.807) is 30.3 Å². The van der Waals surface area contributed by atoms with Gasteiger partial charge in [-0.25, -0.2) is 0 Å². The van der Waals surface area contributed by atoms with Crippen molar-refractivity contribution in [3.63, 3.8) is 0 Å². The zero-order valence-electron chi connectivity index (χ0n) is 17.6. The molecule has 30 heavy (non-hydrogen) atoms. The van der Waals surface area contributed by atoms with E-state index in [1.165, 1.54) is 26.2 Å². The maximum absolute atomic E-state index is 12.1. The van der Waals surface area contributed by atoms with E-state index in [9.17, 15) is 14.4 Å². The Morgan fingerprint density at radius 3 is 2.27 bits per heavy atom. The first kappa shape index (κ1) is 22.7. The van der Waals surface area contributed by atoms with Crippen LogP contribution in [0.5, 0.6) is 11.5 Å². The van der Waals surface area contributed by atoms with Crippen molar-refractivity contribution < 1.29 is 28.6 Å². The molecule has 0 saturated heterocycles. The summed E-state index contributed by atoms with van der Waals surface area (Å²) >= 11 is 0. The highest BCUT2D eigenvalue weighted by Gasteiger charge is 2.16. The predicted molar refractivity (Wildman–Crippen MR) is 112 cm³/mol. The van der Waals surface area contributed by atoms with Gasteiger partial charge in [-0.1, -0.05) is 23.8 Å². The van der Waals surface area contributed by atoms with Crippen molar-refractivity contribution in [2.75, 3.05) is 39.7 Å². The Bertz CT molecular complexity index is 895. The summed E-state index contributed by atoms with van der Waals surface area (Å²) in [6, 6.07) is 12.4. The summed E-state index contributed by atoms with van der Waals surface area (Å²) in [6.07, 6.45) is -0.0226. The molecule has 0 fully saturated rings. The lowest BCUT2D eigenvalue weighted by molar-refractivity contribution is -0.151. The summed E-state index contributed by atoms with van der Waals surface area (Å²) in [6.45, 7) is 1.35. The number of carbonyl (C=O) groups is 3. The van der Waals surface area contributed by atoms with Crippen molar-refractivity contribution in [2.45, 2.75) is 13.3 Å². The highest BCUT2D eigenvalue weighted by molar-refractivity contribution is 5.94. The number of nitrogens with one attached hydrogen (secondary N) is 1. The minimum absolute atomic E-state index is 0.0226.